The maximum atomic E-state index is 11.2. The van der Waals surface area contributed by atoms with Crippen LogP contribution in [0, 0.1) is 0 Å². The summed E-state index contributed by atoms with van der Waals surface area (Å²) < 4.78 is 0. The first-order valence-corrected chi connectivity index (χ1v) is 9.29. The van der Waals surface area contributed by atoms with Gasteiger partial charge in [0.25, 0.3) is 5.91 Å². The number of benzene rings is 3. The SMILES string of the molecule is CCC(=C(c1ccccc1)c1ccc(C=CC(=O)NO)cc1)c1ccccc1. The van der Waals surface area contributed by atoms with Crippen molar-refractivity contribution in [2.75, 3.05) is 0 Å². The van der Waals surface area contributed by atoms with Crippen LogP contribution in [-0.2, 0) is 4.79 Å². The average Bonchev–Trinajstić information content (AvgIpc) is 2.77. The van der Waals surface area contributed by atoms with E-state index in [1.54, 1.807) is 11.6 Å². The van der Waals surface area contributed by atoms with Gasteiger partial charge in [0.05, 0.1) is 0 Å². The van der Waals surface area contributed by atoms with Crippen LogP contribution in [-0.4, -0.2) is 11.1 Å². The standard InChI is InChI=1S/C25H23NO2/c1-2-23(20-9-5-3-6-10-20)25(21-11-7-4-8-12-21)22-16-13-19(14-17-22)15-18-24(27)26-28/h3-18,28H,2H2,1H3,(H,26,27). The van der Waals surface area contributed by atoms with Gasteiger partial charge in [0.15, 0.2) is 0 Å². The maximum absolute atomic E-state index is 11.2. The van der Waals surface area contributed by atoms with Gasteiger partial charge in [0, 0.05) is 6.08 Å². The predicted molar refractivity (Wildman–Crippen MR) is 114 cm³/mol. The Morgan fingerprint density at radius 1 is 0.821 bits per heavy atom. The van der Waals surface area contributed by atoms with Crippen LogP contribution in [0.1, 0.15) is 35.6 Å². The molecule has 0 heterocycles. The normalized spacial score (nSPS) is 11.9. The first-order chi connectivity index (χ1) is 13.7. The van der Waals surface area contributed by atoms with Gasteiger partial charge in [-0.3, -0.25) is 10.0 Å². The molecule has 140 valence electrons. The number of nitrogens with one attached hydrogen (secondary N) is 1. The lowest BCUT2D eigenvalue weighted by atomic mass is 9.88. The fraction of sp³-hybridized carbons (Fsp3) is 0.0800. The summed E-state index contributed by atoms with van der Waals surface area (Å²) in [7, 11) is 0. The van der Waals surface area contributed by atoms with E-state index < -0.39 is 5.91 Å². The van der Waals surface area contributed by atoms with E-state index in [4.69, 9.17) is 5.21 Å². The van der Waals surface area contributed by atoms with Gasteiger partial charge in [-0.15, -0.1) is 0 Å². The molecule has 0 aliphatic carbocycles. The number of carbonyl (C=O) groups is 1. The van der Waals surface area contributed by atoms with Crippen LogP contribution in [0.15, 0.2) is 91.0 Å². The van der Waals surface area contributed by atoms with Crippen molar-refractivity contribution in [3.05, 3.63) is 113 Å². The zero-order valence-electron chi connectivity index (χ0n) is 15.8. The lowest BCUT2D eigenvalue weighted by Gasteiger charge is -2.16. The molecule has 0 spiro atoms. The largest absolute Gasteiger partial charge is 0.288 e. The molecule has 3 heteroatoms. The molecule has 1 amide bonds. The second kappa shape index (κ2) is 9.49. The molecule has 3 nitrogen and oxygen atoms in total. The highest BCUT2D eigenvalue weighted by Crippen LogP contribution is 2.34. The van der Waals surface area contributed by atoms with Crippen molar-refractivity contribution in [1.82, 2.24) is 5.48 Å². The first-order valence-electron chi connectivity index (χ1n) is 9.29. The Morgan fingerprint density at radius 2 is 1.36 bits per heavy atom. The topological polar surface area (TPSA) is 49.3 Å². The number of hydrogen-bond acceptors (Lipinski definition) is 2. The number of rotatable bonds is 6. The highest BCUT2D eigenvalue weighted by Gasteiger charge is 2.12. The second-order valence-electron chi connectivity index (χ2n) is 6.37. The fourth-order valence-corrected chi connectivity index (χ4v) is 3.25. The Labute approximate surface area is 165 Å². The summed E-state index contributed by atoms with van der Waals surface area (Å²) in [4.78, 5) is 11.2. The van der Waals surface area contributed by atoms with Crippen LogP contribution < -0.4 is 5.48 Å². The van der Waals surface area contributed by atoms with Crippen LogP contribution >= 0.6 is 0 Å². The van der Waals surface area contributed by atoms with Gasteiger partial charge >= 0.3 is 0 Å². The Morgan fingerprint density at radius 3 is 1.89 bits per heavy atom. The Kier molecular flexibility index (Phi) is 6.55. The Hall–Kier alpha value is -3.43. The van der Waals surface area contributed by atoms with Gasteiger partial charge in [-0.25, -0.2) is 5.48 Å². The van der Waals surface area contributed by atoms with Gasteiger partial charge in [-0.1, -0.05) is 91.9 Å². The minimum Gasteiger partial charge on any atom is -0.288 e. The van der Waals surface area contributed by atoms with E-state index in [9.17, 15) is 4.79 Å². The Bertz CT molecular complexity index is 972. The summed E-state index contributed by atoms with van der Waals surface area (Å²) in [5.74, 6) is -0.550. The van der Waals surface area contributed by atoms with Gasteiger partial charge in [-0.2, -0.15) is 0 Å². The van der Waals surface area contributed by atoms with Crippen molar-refractivity contribution < 1.29 is 10.0 Å². The summed E-state index contributed by atoms with van der Waals surface area (Å²) in [6.45, 7) is 2.18. The number of hydroxylamine groups is 1. The first kappa shape index (κ1) is 19.3. The lowest BCUT2D eigenvalue weighted by Crippen LogP contribution is -2.14. The van der Waals surface area contributed by atoms with Crippen LogP contribution in [0.25, 0.3) is 17.2 Å². The number of amides is 1. The third-order valence-corrected chi connectivity index (χ3v) is 4.58. The van der Waals surface area contributed by atoms with E-state index in [2.05, 4.69) is 67.6 Å². The molecule has 0 saturated carbocycles. The molecule has 0 saturated heterocycles. The van der Waals surface area contributed by atoms with E-state index in [0.717, 1.165) is 17.5 Å². The van der Waals surface area contributed by atoms with Crippen molar-refractivity contribution >= 4 is 23.1 Å². The smallest absolute Gasteiger partial charge is 0.267 e. The molecule has 0 unspecified atom stereocenters. The molecule has 2 N–H and O–H groups in total. The highest BCUT2D eigenvalue weighted by molar-refractivity contribution is 5.98. The number of allylic oxidation sites excluding steroid dienone is 1. The minimum atomic E-state index is -0.550. The van der Waals surface area contributed by atoms with Crippen molar-refractivity contribution in [2.24, 2.45) is 0 Å². The summed E-state index contributed by atoms with van der Waals surface area (Å²) in [5, 5.41) is 8.60. The molecule has 0 atom stereocenters. The lowest BCUT2D eigenvalue weighted by molar-refractivity contribution is -0.124. The molecule has 0 fully saturated rings. The van der Waals surface area contributed by atoms with Gasteiger partial charge in [0.2, 0.25) is 0 Å². The molecule has 3 rings (SSSR count). The number of hydrogen-bond donors (Lipinski definition) is 2. The molecule has 28 heavy (non-hydrogen) atoms. The van der Waals surface area contributed by atoms with Crippen LogP contribution in [0.2, 0.25) is 0 Å². The van der Waals surface area contributed by atoms with Crippen LogP contribution in [0.3, 0.4) is 0 Å². The molecule has 3 aromatic rings. The third kappa shape index (κ3) is 4.64. The monoisotopic (exact) mass is 369 g/mol. The van der Waals surface area contributed by atoms with Crippen LogP contribution in [0.5, 0.6) is 0 Å². The van der Waals surface area contributed by atoms with Crippen molar-refractivity contribution in [2.45, 2.75) is 13.3 Å². The van der Waals surface area contributed by atoms with Gasteiger partial charge in [-0.05, 0) is 45.9 Å². The van der Waals surface area contributed by atoms with Crippen LogP contribution in [0.4, 0.5) is 0 Å². The molecule has 0 aliphatic heterocycles. The zero-order valence-corrected chi connectivity index (χ0v) is 15.8. The molecule has 3 aromatic carbocycles. The van der Waals surface area contributed by atoms with Gasteiger partial charge in [0.1, 0.15) is 0 Å². The average molecular weight is 369 g/mol. The highest BCUT2D eigenvalue weighted by atomic mass is 16.5. The summed E-state index contributed by atoms with van der Waals surface area (Å²) >= 11 is 0. The molecule has 0 aromatic heterocycles. The number of carbonyl (C=O) groups excluding carboxylic acids is 1. The fourth-order valence-electron chi connectivity index (χ4n) is 3.25. The van der Waals surface area contributed by atoms with Crippen molar-refractivity contribution in [3.63, 3.8) is 0 Å². The molecular formula is C25H23NO2. The molecule has 0 aliphatic rings. The molecule has 0 radical (unpaired) electrons. The van der Waals surface area contributed by atoms with Gasteiger partial charge < -0.3 is 0 Å². The molecular weight excluding hydrogens is 346 g/mol. The summed E-state index contributed by atoms with van der Waals surface area (Å²) in [6.07, 6.45) is 3.87. The van der Waals surface area contributed by atoms with E-state index in [-0.39, 0.29) is 0 Å². The van der Waals surface area contributed by atoms with Crippen molar-refractivity contribution in [1.29, 1.82) is 0 Å². The summed E-state index contributed by atoms with van der Waals surface area (Å²) in [6, 6.07) is 28.9. The van der Waals surface area contributed by atoms with E-state index in [1.165, 1.54) is 28.3 Å². The molecule has 0 bridgehead atoms. The maximum Gasteiger partial charge on any atom is 0.267 e. The predicted octanol–water partition coefficient (Wildman–Crippen LogP) is 5.57. The Balaban J connectivity index is 2.09. The summed E-state index contributed by atoms with van der Waals surface area (Å²) in [5.41, 5.74) is 8.48. The van der Waals surface area contributed by atoms with E-state index in [0.29, 0.717) is 0 Å². The zero-order chi connectivity index (χ0) is 19.8. The van der Waals surface area contributed by atoms with E-state index in [1.807, 2.05) is 24.3 Å². The third-order valence-electron chi connectivity index (χ3n) is 4.58. The second-order valence-corrected chi connectivity index (χ2v) is 6.37. The quantitative estimate of drug-likeness (QED) is 0.258. The van der Waals surface area contributed by atoms with E-state index >= 15 is 0 Å². The van der Waals surface area contributed by atoms with Crippen molar-refractivity contribution in [3.8, 4) is 0 Å². The minimum absolute atomic E-state index is 0.550.